The van der Waals surface area contributed by atoms with Crippen molar-refractivity contribution < 1.29 is 14.4 Å². The minimum absolute atomic E-state index is 0.0221. The number of piperazine rings is 1. The van der Waals surface area contributed by atoms with Crippen LogP contribution in [0.25, 0.3) is 0 Å². The number of benzene rings is 1. The summed E-state index contributed by atoms with van der Waals surface area (Å²) in [5, 5.41) is 8.87. The van der Waals surface area contributed by atoms with Gasteiger partial charge in [-0.3, -0.25) is 4.79 Å². The number of anilines is 1. The molecule has 188 valence electrons. The number of urea groups is 2. The molecular formula is C25H38BrN5O3. The second-order valence-corrected chi connectivity index (χ2v) is 10.5. The molecular weight excluding hydrogens is 498 g/mol. The molecule has 2 aliphatic rings. The molecule has 0 bridgehead atoms. The number of hydrogen-bond donors (Lipinski definition) is 3. The lowest BCUT2D eigenvalue weighted by Crippen LogP contribution is -2.62. The molecule has 8 nitrogen and oxygen atoms in total. The Bertz CT molecular complexity index is 843. The summed E-state index contributed by atoms with van der Waals surface area (Å²) in [4.78, 5) is 42.5. The fourth-order valence-corrected chi connectivity index (χ4v) is 4.95. The minimum atomic E-state index is -0.629. The maximum absolute atomic E-state index is 13.4. The number of rotatable bonds is 6. The van der Waals surface area contributed by atoms with Crippen molar-refractivity contribution in [3.05, 3.63) is 28.7 Å². The predicted molar refractivity (Wildman–Crippen MR) is 138 cm³/mol. The van der Waals surface area contributed by atoms with E-state index in [0.717, 1.165) is 23.7 Å². The van der Waals surface area contributed by atoms with Gasteiger partial charge in [0.15, 0.2) is 0 Å². The number of hydrogen-bond acceptors (Lipinski definition) is 3. The number of amides is 5. The molecule has 1 aromatic rings. The molecule has 9 heteroatoms. The topological polar surface area (TPSA) is 93.8 Å². The van der Waals surface area contributed by atoms with Crippen molar-refractivity contribution in [1.82, 2.24) is 20.4 Å². The van der Waals surface area contributed by atoms with Gasteiger partial charge in [0.1, 0.15) is 6.04 Å². The number of carbonyl (C=O) groups is 3. The van der Waals surface area contributed by atoms with Crippen molar-refractivity contribution in [2.45, 2.75) is 77.4 Å². The highest BCUT2D eigenvalue weighted by Gasteiger charge is 2.35. The molecule has 1 aliphatic carbocycles. The number of nitrogens with one attached hydrogen (secondary N) is 3. The third kappa shape index (κ3) is 7.10. The highest BCUT2D eigenvalue weighted by atomic mass is 79.9. The molecule has 1 saturated carbocycles. The standard InChI is InChI=1S/C25H38BrN5O3/c1-4-17(2)22(29-24(33)27-21-12-10-19(26)11-13-21)23(32)30-14-15-31(18(3)16-30)25(34)28-20-8-6-5-7-9-20/h10-13,17-18,20,22H,4-9,14-16H2,1-3H3,(H,28,34)(H2,27,29,33)/t17-,18-,22+/m0/s1. The molecule has 1 saturated heterocycles. The Morgan fingerprint density at radius 3 is 2.38 bits per heavy atom. The minimum Gasteiger partial charge on any atom is -0.337 e. The summed E-state index contributed by atoms with van der Waals surface area (Å²) in [6, 6.07) is 6.39. The van der Waals surface area contributed by atoms with E-state index in [2.05, 4.69) is 31.9 Å². The summed E-state index contributed by atoms with van der Waals surface area (Å²) in [7, 11) is 0. The Balaban J connectivity index is 1.57. The Labute approximate surface area is 211 Å². The fourth-order valence-electron chi connectivity index (χ4n) is 4.69. The first-order valence-corrected chi connectivity index (χ1v) is 13.3. The van der Waals surface area contributed by atoms with Crippen molar-refractivity contribution in [2.24, 2.45) is 5.92 Å². The van der Waals surface area contributed by atoms with E-state index in [1.54, 1.807) is 17.0 Å². The van der Waals surface area contributed by atoms with Crippen LogP contribution >= 0.6 is 15.9 Å². The van der Waals surface area contributed by atoms with E-state index in [9.17, 15) is 14.4 Å². The highest BCUT2D eigenvalue weighted by Crippen LogP contribution is 2.20. The van der Waals surface area contributed by atoms with Crippen LogP contribution in [0.2, 0.25) is 0 Å². The summed E-state index contributed by atoms with van der Waals surface area (Å²) >= 11 is 3.38. The van der Waals surface area contributed by atoms with E-state index in [-0.39, 0.29) is 29.9 Å². The average Bonchev–Trinajstić information content (AvgIpc) is 2.83. The van der Waals surface area contributed by atoms with E-state index in [1.165, 1.54) is 19.3 Å². The first kappa shape index (κ1) is 26.3. The van der Waals surface area contributed by atoms with Gasteiger partial charge in [-0.05, 0) is 49.9 Å². The van der Waals surface area contributed by atoms with Gasteiger partial charge in [-0.15, -0.1) is 0 Å². The molecule has 3 rings (SSSR count). The van der Waals surface area contributed by atoms with E-state index in [4.69, 9.17) is 0 Å². The predicted octanol–water partition coefficient (Wildman–Crippen LogP) is 4.56. The number of halogens is 1. The van der Waals surface area contributed by atoms with Gasteiger partial charge < -0.3 is 25.8 Å². The molecule has 1 aliphatic heterocycles. The summed E-state index contributed by atoms with van der Waals surface area (Å²) in [6.07, 6.45) is 6.43. The van der Waals surface area contributed by atoms with Gasteiger partial charge in [-0.25, -0.2) is 9.59 Å². The molecule has 3 N–H and O–H groups in total. The van der Waals surface area contributed by atoms with Gasteiger partial charge in [0.2, 0.25) is 5.91 Å². The molecule has 1 aromatic carbocycles. The van der Waals surface area contributed by atoms with Crippen molar-refractivity contribution in [3.8, 4) is 0 Å². The second kappa shape index (κ2) is 12.4. The molecule has 3 atom stereocenters. The van der Waals surface area contributed by atoms with Gasteiger partial charge in [0, 0.05) is 41.9 Å². The van der Waals surface area contributed by atoms with E-state index < -0.39 is 12.1 Å². The highest BCUT2D eigenvalue weighted by molar-refractivity contribution is 9.10. The molecule has 5 amide bonds. The summed E-state index contributed by atoms with van der Waals surface area (Å²) in [5.74, 6) is -0.120. The van der Waals surface area contributed by atoms with Crippen LogP contribution in [-0.4, -0.2) is 65.5 Å². The van der Waals surface area contributed by atoms with Crippen molar-refractivity contribution in [2.75, 3.05) is 25.0 Å². The third-order valence-corrected chi connectivity index (χ3v) is 7.53. The first-order chi connectivity index (χ1) is 16.3. The smallest absolute Gasteiger partial charge is 0.319 e. The first-order valence-electron chi connectivity index (χ1n) is 12.5. The summed E-state index contributed by atoms with van der Waals surface area (Å²) in [6.45, 7) is 7.37. The third-order valence-electron chi connectivity index (χ3n) is 7.00. The van der Waals surface area contributed by atoms with Crippen LogP contribution < -0.4 is 16.0 Å². The van der Waals surface area contributed by atoms with Crippen molar-refractivity contribution in [1.29, 1.82) is 0 Å². The zero-order valence-corrected chi connectivity index (χ0v) is 22.1. The van der Waals surface area contributed by atoms with Crippen molar-refractivity contribution >= 4 is 39.6 Å². The van der Waals surface area contributed by atoms with Crippen LogP contribution in [0.1, 0.15) is 59.3 Å². The quantitative estimate of drug-likeness (QED) is 0.498. The molecule has 1 heterocycles. The Kier molecular flexibility index (Phi) is 9.62. The van der Waals surface area contributed by atoms with Crippen LogP contribution in [0.3, 0.4) is 0 Å². The SMILES string of the molecule is CC[C@H](C)[C@@H](NC(=O)Nc1ccc(Br)cc1)C(=O)N1CCN(C(=O)NC2CCCCC2)[C@@H](C)C1. The van der Waals surface area contributed by atoms with Crippen molar-refractivity contribution in [3.63, 3.8) is 0 Å². The Hall–Kier alpha value is -2.29. The van der Waals surface area contributed by atoms with Gasteiger partial charge in [-0.1, -0.05) is 55.5 Å². The second-order valence-electron chi connectivity index (χ2n) is 9.58. The van der Waals surface area contributed by atoms with Crippen LogP contribution in [0.5, 0.6) is 0 Å². The molecule has 0 unspecified atom stereocenters. The monoisotopic (exact) mass is 535 g/mol. The van der Waals surface area contributed by atoms with Gasteiger partial charge in [-0.2, -0.15) is 0 Å². The zero-order valence-electron chi connectivity index (χ0n) is 20.5. The maximum atomic E-state index is 13.4. The normalized spacial score (nSPS) is 20.9. The molecule has 2 fully saturated rings. The zero-order chi connectivity index (χ0) is 24.7. The molecule has 0 aromatic heterocycles. The summed E-state index contributed by atoms with van der Waals surface area (Å²) < 4.78 is 0.923. The van der Waals surface area contributed by atoms with Crippen LogP contribution in [0.4, 0.5) is 15.3 Å². The lowest BCUT2D eigenvalue weighted by atomic mass is 9.95. The lowest BCUT2D eigenvalue weighted by molar-refractivity contribution is -0.136. The van der Waals surface area contributed by atoms with Crippen LogP contribution in [-0.2, 0) is 4.79 Å². The lowest BCUT2D eigenvalue weighted by Gasteiger charge is -2.42. The number of carbonyl (C=O) groups excluding carboxylic acids is 3. The van der Waals surface area contributed by atoms with Gasteiger partial charge >= 0.3 is 12.1 Å². The van der Waals surface area contributed by atoms with Gasteiger partial charge in [0.05, 0.1) is 0 Å². The maximum Gasteiger partial charge on any atom is 0.319 e. The fraction of sp³-hybridized carbons (Fsp3) is 0.640. The molecule has 34 heavy (non-hydrogen) atoms. The largest absolute Gasteiger partial charge is 0.337 e. The van der Waals surface area contributed by atoms with Crippen LogP contribution in [0, 0.1) is 5.92 Å². The summed E-state index contributed by atoms with van der Waals surface area (Å²) in [5.41, 5.74) is 0.655. The molecule has 0 radical (unpaired) electrons. The Morgan fingerprint density at radius 1 is 1.09 bits per heavy atom. The van der Waals surface area contributed by atoms with E-state index >= 15 is 0 Å². The van der Waals surface area contributed by atoms with E-state index in [1.807, 2.05) is 37.8 Å². The van der Waals surface area contributed by atoms with Crippen LogP contribution in [0.15, 0.2) is 28.7 Å². The Morgan fingerprint density at radius 2 is 1.76 bits per heavy atom. The van der Waals surface area contributed by atoms with E-state index in [0.29, 0.717) is 25.3 Å². The van der Waals surface area contributed by atoms with Gasteiger partial charge in [0.25, 0.3) is 0 Å². The average molecular weight is 537 g/mol. The number of nitrogens with zero attached hydrogens (tertiary/aromatic N) is 2. The molecule has 0 spiro atoms.